The van der Waals surface area contributed by atoms with Crippen molar-refractivity contribution >= 4 is 9.84 Å². The normalized spacial score (nSPS) is 16.8. The highest BCUT2D eigenvalue weighted by Gasteiger charge is 2.27. The average Bonchev–Trinajstić information content (AvgIpc) is 2.46. The highest BCUT2D eigenvalue weighted by atomic mass is 32.2. The van der Waals surface area contributed by atoms with Crippen LogP contribution in [0.4, 0.5) is 0 Å². The summed E-state index contributed by atoms with van der Waals surface area (Å²) in [6, 6.07) is 3.70. The van der Waals surface area contributed by atoms with Crippen LogP contribution in [0.2, 0.25) is 0 Å². The van der Waals surface area contributed by atoms with Crippen LogP contribution in [0.3, 0.4) is 0 Å². The Labute approximate surface area is 85.1 Å². The lowest BCUT2D eigenvalue weighted by molar-refractivity contribution is 0.596. The summed E-state index contributed by atoms with van der Waals surface area (Å²) in [6.07, 6.45) is 0.616. The van der Waals surface area contributed by atoms with Crippen LogP contribution in [-0.4, -0.2) is 19.2 Å². The van der Waals surface area contributed by atoms with Crippen molar-refractivity contribution in [2.75, 3.05) is 5.75 Å². The maximum atomic E-state index is 11.3. The maximum Gasteiger partial charge on any atom is 0.196 e. The van der Waals surface area contributed by atoms with Gasteiger partial charge in [-0.15, -0.1) is 0 Å². The van der Waals surface area contributed by atoms with Gasteiger partial charge < -0.3 is 0 Å². The van der Waals surface area contributed by atoms with E-state index < -0.39 is 9.84 Å². The molecular formula is C10H15NO2S. The molecule has 78 valence electrons. The number of pyridine rings is 1. The average molecular weight is 213 g/mol. The van der Waals surface area contributed by atoms with Crippen LogP contribution in [0.1, 0.15) is 25.1 Å². The van der Waals surface area contributed by atoms with Crippen LogP contribution in [-0.2, 0) is 16.3 Å². The first kappa shape index (κ1) is 11.2. The number of sulfone groups is 1. The van der Waals surface area contributed by atoms with Crippen LogP contribution < -0.4 is 0 Å². The van der Waals surface area contributed by atoms with Crippen LogP contribution in [0.5, 0.6) is 0 Å². The molecule has 0 radical (unpaired) electrons. The van der Waals surface area contributed by atoms with Gasteiger partial charge in [0.15, 0.2) is 14.9 Å². The van der Waals surface area contributed by atoms with E-state index in [2.05, 4.69) is 4.98 Å². The van der Waals surface area contributed by atoms with Crippen molar-refractivity contribution in [2.24, 2.45) is 0 Å². The largest absolute Gasteiger partial charge is 0.241 e. The SMILES string of the molecule is CC.Cc1ccc2c(n1)S(=O)(=O)CC2. The van der Waals surface area contributed by atoms with Gasteiger partial charge in [-0.2, -0.15) is 0 Å². The Morgan fingerprint density at radius 3 is 2.57 bits per heavy atom. The molecule has 2 rings (SSSR count). The van der Waals surface area contributed by atoms with Gasteiger partial charge in [0.2, 0.25) is 0 Å². The van der Waals surface area contributed by atoms with E-state index in [1.54, 1.807) is 6.92 Å². The molecule has 3 nitrogen and oxygen atoms in total. The molecular weight excluding hydrogens is 198 g/mol. The number of aryl methyl sites for hydroxylation is 2. The Bertz CT molecular complexity index is 424. The number of aromatic nitrogens is 1. The van der Waals surface area contributed by atoms with E-state index in [0.29, 0.717) is 11.4 Å². The van der Waals surface area contributed by atoms with E-state index in [-0.39, 0.29) is 5.75 Å². The molecule has 0 saturated carbocycles. The van der Waals surface area contributed by atoms with Crippen molar-refractivity contribution in [3.05, 3.63) is 23.4 Å². The van der Waals surface area contributed by atoms with Crippen LogP contribution in [0.15, 0.2) is 17.2 Å². The quantitative estimate of drug-likeness (QED) is 0.659. The Balaban J connectivity index is 0.000000461. The Kier molecular flexibility index (Phi) is 3.26. The summed E-state index contributed by atoms with van der Waals surface area (Å²) in [6.45, 7) is 5.80. The predicted molar refractivity (Wildman–Crippen MR) is 56.1 cm³/mol. The van der Waals surface area contributed by atoms with E-state index >= 15 is 0 Å². The highest BCUT2D eigenvalue weighted by molar-refractivity contribution is 7.91. The molecule has 1 aromatic heterocycles. The first-order chi connectivity index (χ1) is 6.59. The smallest absolute Gasteiger partial charge is 0.196 e. The lowest BCUT2D eigenvalue weighted by Gasteiger charge is -1.97. The highest BCUT2D eigenvalue weighted by Crippen LogP contribution is 2.23. The number of nitrogens with zero attached hydrogens (tertiary/aromatic N) is 1. The van der Waals surface area contributed by atoms with E-state index in [1.165, 1.54) is 0 Å². The van der Waals surface area contributed by atoms with Crippen molar-refractivity contribution < 1.29 is 8.42 Å². The zero-order chi connectivity index (χ0) is 10.8. The lowest BCUT2D eigenvalue weighted by atomic mass is 10.2. The van der Waals surface area contributed by atoms with Crippen LogP contribution in [0.25, 0.3) is 0 Å². The summed E-state index contributed by atoms with van der Waals surface area (Å²) in [7, 11) is -3.04. The molecule has 1 aliphatic heterocycles. The van der Waals surface area contributed by atoms with Gasteiger partial charge in [-0.25, -0.2) is 13.4 Å². The first-order valence-corrected chi connectivity index (χ1v) is 6.44. The fraction of sp³-hybridized carbons (Fsp3) is 0.500. The summed E-state index contributed by atoms with van der Waals surface area (Å²) in [5.41, 5.74) is 1.62. The molecule has 0 N–H and O–H groups in total. The monoisotopic (exact) mass is 213 g/mol. The molecule has 0 saturated heterocycles. The summed E-state index contributed by atoms with van der Waals surface area (Å²) in [5, 5.41) is 0.294. The van der Waals surface area contributed by atoms with E-state index in [1.807, 2.05) is 26.0 Å². The molecule has 0 aliphatic carbocycles. The Hall–Kier alpha value is -0.900. The Morgan fingerprint density at radius 2 is 1.93 bits per heavy atom. The third-order valence-corrected chi connectivity index (χ3v) is 3.70. The molecule has 2 heterocycles. The maximum absolute atomic E-state index is 11.3. The third kappa shape index (κ3) is 1.95. The molecule has 0 fully saturated rings. The van der Waals surface area contributed by atoms with Crippen molar-refractivity contribution in [1.82, 2.24) is 4.98 Å². The molecule has 0 atom stereocenters. The fourth-order valence-corrected chi connectivity index (χ4v) is 2.90. The van der Waals surface area contributed by atoms with Gasteiger partial charge in [-0.3, -0.25) is 0 Å². The third-order valence-electron chi connectivity index (χ3n) is 2.01. The predicted octanol–water partition coefficient (Wildman–Crippen LogP) is 1.75. The molecule has 0 spiro atoms. The first-order valence-electron chi connectivity index (χ1n) is 4.79. The minimum atomic E-state index is -3.04. The van der Waals surface area contributed by atoms with E-state index in [0.717, 1.165) is 11.3 Å². The summed E-state index contributed by atoms with van der Waals surface area (Å²) in [4.78, 5) is 4.02. The fourth-order valence-electron chi connectivity index (χ4n) is 1.36. The summed E-state index contributed by atoms with van der Waals surface area (Å²) < 4.78 is 22.7. The summed E-state index contributed by atoms with van der Waals surface area (Å²) >= 11 is 0. The van der Waals surface area contributed by atoms with Crippen molar-refractivity contribution in [1.29, 1.82) is 0 Å². The zero-order valence-corrected chi connectivity index (χ0v) is 9.56. The lowest BCUT2D eigenvalue weighted by Crippen LogP contribution is -2.01. The van der Waals surface area contributed by atoms with Gasteiger partial charge in [-0.1, -0.05) is 19.9 Å². The van der Waals surface area contributed by atoms with Gasteiger partial charge >= 0.3 is 0 Å². The second kappa shape index (κ2) is 4.09. The minimum Gasteiger partial charge on any atom is -0.241 e. The molecule has 1 aliphatic rings. The van der Waals surface area contributed by atoms with Crippen molar-refractivity contribution in [2.45, 2.75) is 32.2 Å². The standard InChI is InChI=1S/C8H9NO2S.C2H6/c1-6-2-3-7-4-5-12(10,11)8(7)9-6;1-2/h2-3H,4-5H2,1H3;1-2H3. The van der Waals surface area contributed by atoms with Crippen molar-refractivity contribution in [3.63, 3.8) is 0 Å². The number of hydrogen-bond acceptors (Lipinski definition) is 3. The summed E-state index contributed by atoms with van der Waals surface area (Å²) in [5.74, 6) is 0.221. The molecule has 14 heavy (non-hydrogen) atoms. The van der Waals surface area contributed by atoms with Crippen molar-refractivity contribution in [3.8, 4) is 0 Å². The molecule has 1 aromatic rings. The van der Waals surface area contributed by atoms with Gasteiger partial charge in [0, 0.05) is 5.69 Å². The van der Waals surface area contributed by atoms with Gasteiger partial charge in [0.05, 0.1) is 5.75 Å². The zero-order valence-electron chi connectivity index (χ0n) is 8.74. The van der Waals surface area contributed by atoms with E-state index in [9.17, 15) is 8.42 Å². The number of fused-ring (bicyclic) bond motifs is 1. The molecule has 0 bridgehead atoms. The van der Waals surface area contributed by atoms with Crippen LogP contribution >= 0.6 is 0 Å². The van der Waals surface area contributed by atoms with Crippen LogP contribution in [0, 0.1) is 6.92 Å². The molecule has 4 heteroatoms. The molecule has 0 unspecified atom stereocenters. The molecule has 0 aromatic carbocycles. The Morgan fingerprint density at radius 1 is 1.29 bits per heavy atom. The topological polar surface area (TPSA) is 47.0 Å². The van der Waals surface area contributed by atoms with Gasteiger partial charge in [0.25, 0.3) is 0 Å². The minimum absolute atomic E-state index is 0.221. The number of hydrogen-bond donors (Lipinski definition) is 0. The number of rotatable bonds is 0. The second-order valence-corrected chi connectivity index (χ2v) is 5.01. The van der Waals surface area contributed by atoms with Gasteiger partial charge in [-0.05, 0) is 25.0 Å². The molecule has 0 amide bonds. The van der Waals surface area contributed by atoms with Gasteiger partial charge in [0.1, 0.15) is 0 Å². The second-order valence-electron chi connectivity index (χ2n) is 2.99. The van der Waals surface area contributed by atoms with E-state index in [4.69, 9.17) is 0 Å².